The molecule has 1 aromatic heterocycles. The van der Waals surface area contributed by atoms with Crippen molar-refractivity contribution >= 4 is 5.91 Å². The second-order valence-corrected chi connectivity index (χ2v) is 6.40. The van der Waals surface area contributed by atoms with Crippen molar-refractivity contribution in [2.24, 2.45) is 0 Å². The zero-order valence-corrected chi connectivity index (χ0v) is 14.2. The lowest BCUT2D eigenvalue weighted by atomic mass is 10.0. The molecule has 0 unspecified atom stereocenters. The van der Waals surface area contributed by atoms with E-state index in [1.165, 1.54) is 17.7 Å². The number of amides is 1. The number of aromatic nitrogens is 1. The second-order valence-electron chi connectivity index (χ2n) is 6.40. The predicted octanol–water partition coefficient (Wildman–Crippen LogP) is 2.88. The number of pyridine rings is 1. The number of phenols is 1. The van der Waals surface area contributed by atoms with E-state index in [0.29, 0.717) is 6.04 Å². The average molecular weight is 343 g/mol. The number of likely N-dealkylation sites (tertiary alicyclic amines) is 1. The quantitative estimate of drug-likeness (QED) is 0.896. The Labute approximate surface area is 146 Å². The van der Waals surface area contributed by atoms with Gasteiger partial charge < -0.3 is 10.4 Å². The van der Waals surface area contributed by atoms with Gasteiger partial charge >= 0.3 is 0 Å². The summed E-state index contributed by atoms with van der Waals surface area (Å²) in [5.41, 5.74) is 1.34. The van der Waals surface area contributed by atoms with E-state index in [4.69, 9.17) is 0 Å². The molecule has 1 aliphatic heterocycles. The monoisotopic (exact) mass is 343 g/mol. The van der Waals surface area contributed by atoms with Gasteiger partial charge in [-0.1, -0.05) is 0 Å². The van der Waals surface area contributed by atoms with Crippen molar-refractivity contribution < 1.29 is 14.3 Å². The fraction of sp³-hybridized carbons (Fsp3) is 0.368. The van der Waals surface area contributed by atoms with E-state index in [-0.39, 0.29) is 23.3 Å². The van der Waals surface area contributed by atoms with Gasteiger partial charge in [0.2, 0.25) is 0 Å². The first kappa shape index (κ1) is 17.4. The molecule has 1 aromatic carbocycles. The van der Waals surface area contributed by atoms with E-state index in [1.54, 1.807) is 12.4 Å². The lowest BCUT2D eigenvalue weighted by Crippen LogP contribution is -2.45. The average Bonchev–Trinajstić information content (AvgIpc) is 2.62. The first-order valence-corrected chi connectivity index (χ1v) is 8.48. The Balaban J connectivity index is 1.55. The van der Waals surface area contributed by atoms with Crippen LogP contribution >= 0.6 is 0 Å². The van der Waals surface area contributed by atoms with Crippen LogP contribution in [0.4, 0.5) is 4.39 Å². The largest absolute Gasteiger partial charge is 0.507 e. The van der Waals surface area contributed by atoms with Crippen LogP contribution in [-0.2, 0) is 0 Å². The molecule has 1 atom stereocenters. The van der Waals surface area contributed by atoms with Gasteiger partial charge in [0.25, 0.3) is 5.91 Å². The molecule has 1 amide bonds. The highest BCUT2D eigenvalue weighted by molar-refractivity contribution is 5.96. The Morgan fingerprint density at radius 2 is 1.96 bits per heavy atom. The molecule has 0 radical (unpaired) electrons. The number of piperidine rings is 1. The van der Waals surface area contributed by atoms with Crippen LogP contribution in [0.2, 0.25) is 0 Å². The maximum Gasteiger partial charge on any atom is 0.255 e. The molecule has 5 nitrogen and oxygen atoms in total. The highest BCUT2D eigenvalue weighted by Gasteiger charge is 2.25. The van der Waals surface area contributed by atoms with E-state index < -0.39 is 5.82 Å². The number of carbonyl (C=O) groups is 1. The van der Waals surface area contributed by atoms with E-state index >= 15 is 0 Å². The molecule has 1 fully saturated rings. The summed E-state index contributed by atoms with van der Waals surface area (Å²) in [6.07, 6.45) is 5.27. The summed E-state index contributed by atoms with van der Waals surface area (Å²) in [6, 6.07) is 7.84. The van der Waals surface area contributed by atoms with Gasteiger partial charge in [-0.2, -0.15) is 0 Å². The summed E-state index contributed by atoms with van der Waals surface area (Å²) in [5, 5.41) is 12.7. The van der Waals surface area contributed by atoms with E-state index in [0.717, 1.165) is 32.0 Å². The van der Waals surface area contributed by atoms with Gasteiger partial charge in [-0.3, -0.25) is 14.7 Å². The number of nitrogens with zero attached hydrogens (tertiary/aromatic N) is 2. The smallest absolute Gasteiger partial charge is 0.255 e. The lowest BCUT2D eigenvalue weighted by molar-refractivity contribution is 0.0893. The maximum atomic E-state index is 13.0. The molecule has 2 N–H and O–H groups in total. The summed E-state index contributed by atoms with van der Waals surface area (Å²) >= 11 is 0. The topological polar surface area (TPSA) is 65.5 Å². The molecule has 0 saturated carbocycles. The van der Waals surface area contributed by atoms with Gasteiger partial charge in [0.05, 0.1) is 5.56 Å². The summed E-state index contributed by atoms with van der Waals surface area (Å²) in [6.45, 7) is 3.93. The van der Waals surface area contributed by atoms with Crippen molar-refractivity contribution in [3.8, 4) is 5.75 Å². The van der Waals surface area contributed by atoms with Crippen molar-refractivity contribution in [1.29, 1.82) is 0 Å². The van der Waals surface area contributed by atoms with Gasteiger partial charge in [0, 0.05) is 43.6 Å². The SMILES string of the molecule is C[C@H](c1ccncc1)N1CCC(NC(=O)c2ccc(F)cc2O)CC1. The summed E-state index contributed by atoms with van der Waals surface area (Å²) in [7, 11) is 0. The van der Waals surface area contributed by atoms with Gasteiger partial charge in [-0.05, 0) is 49.6 Å². The zero-order chi connectivity index (χ0) is 17.8. The Bertz CT molecular complexity index is 731. The van der Waals surface area contributed by atoms with Crippen molar-refractivity contribution in [2.75, 3.05) is 13.1 Å². The van der Waals surface area contributed by atoms with E-state index in [1.807, 2.05) is 12.1 Å². The molecular weight excluding hydrogens is 321 g/mol. The molecular formula is C19H22FN3O2. The van der Waals surface area contributed by atoms with Crippen LogP contribution in [0.3, 0.4) is 0 Å². The Morgan fingerprint density at radius 1 is 1.28 bits per heavy atom. The van der Waals surface area contributed by atoms with Crippen LogP contribution in [0.15, 0.2) is 42.7 Å². The van der Waals surface area contributed by atoms with E-state index in [2.05, 4.69) is 22.1 Å². The molecule has 1 saturated heterocycles. The highest BCUT2D eigenvalue weighted by atomic mass is 19.1. The Hall–Kier alpha value is -2.47. The molecule has 2 heterocycles. The minimum absolute atomic E-state index is 0.0536. The number of benzene rings is 1. The van der Waals surface area contributed by atoms with Crippen molar-refractivity contribution in [1.82, 2.24) is 15.2 Å². The molecule has 25 heavy (non-hydrogen) atoms. The number of halogens is 1. The third-order valence-electron chi connectivity index (χ3n) is 4.81. The number of rotatable bonds is 4. The summed E-state index contributed by atoms with van der Waals surface area (Å²) in [4.78, 5) is 18.7. The standard InChI is InChI=1S/C19H22FN3O2/c1-13(14-4-8-21-9-5-14)23-10-6-16(7-11-23)22-19(25)17-3-2-15(20)12-18(17)24/h2-5,8-9,12-13,16,24H,6-7,10-11H2,1H3,(H,22,25)/t13-/m1/s1. The Morgan fingerprint density at radius 3 is 2.60 bits per heavy atom. The number of carbonyl (C=O) groups excluding carboxylic acids is 1. The fourth-order valence-corrected chi connectivity index (χ4v) is 3.24. The van der Waals surface area contributed by atoms with Gasteiger partial charge in [-0.15, -0.1) is 0 Å². The summed E-state index contributed by atoms with van der Waals surface area (Å²) in [5.74, 6) is -1.26. The molecule has 6 heteroatoms. The lowest BCUT2D eigenvalue weighted by Gasteiger charge is -2.36. The minimum atomic E-state index is -0.563. The van der Waals surface area contributed by atoms with Crippen LogP contribution in [0.5, 0.6) is 5.75 Å². The number of aromatic hydroxyl groups is 1. The number of nitrogens with one attached hydrogen (secondary N) is 1. The third kappa shape index (κ3) is 4.14. The normalized spacial score (nSPS) is 17.2. The molecule has 132 valence electrons. The number of hydrogen-bond acceptors (Lipinski definition) is 4. The van der Waals surface area contributed by atoms with Gasteiger partial charge in [-0.25, -0.2) is 4.39 Å². The number of phenolic OH excluding ortho intramolecular Hbond substituents is 1. The van der Waals surface area contributed by atoms with Gasteiger partial charge in [0.15, 0.2) is 0 Å². The molecule has 0 aliphatic carbocycles. The first-order chi connectivity index (χ1) is 12.0. The zero-order valence-electron chi connectivity index (χ0n) is 14.2. The summed E-state index contributed by atoms with van der Waals surface area (Å²) < 4.78 is 13.0. The molecule has 1 aliphatic rings. The highest BCUT2D eigenvalue weighted by Crippen LogP contribution is 2.24. The predicted molar refractivity (Wildman–Crippen MR) is 92.8 cm³/mol. The van der Waals surface area contributed by atoms with E-state index in [9.17, 15) is 14.3 Å². The maximum absolute atomic E-state index is 13.0. The second kappa shape index (κ2) is 7.61. The molecule has 0 bridgehead atoms. The minimum Gasteiger partial charge on any atom is -0.507 e. The molecule has 0 spiro atoms. The van der Waals surface area contributed by atoms with Crippen LogP contribution in [0, 0.1) is 5.82 Å². The van der Waals surface area contributed by atoms with Crippen molar-refractivity contribution in [2.45, 2.75) is 31.8 Å². The third-order valence-corrected chi connectivity index (χ3v) is 4.81. The van der Waals surface area contributed by atoms with Gasteiger partial charge in [0.1, 0.15) is 11.6 Å². The van der Waals surface area contributed by atoms with Crippen molar-refractivity contribution in [3.05, 3.63) is 59.7 Å². The fourth-order valence-electron chi connectivity index (χ4n) is 3.24. The van der Waals surface area contributed by atoms with Crippen LogP contribution < -0.4 is 5.32 Å². The van der Waals surface area contributed by atoms with Crippen molar-refractivity contribution in [3.63, 3.8) is 0 Å². The van der Waals surface area contributed by atoms with Crippen LogP contribution in [0.25, 0.3) is 0 Å². The van der Waals surface area contributed by atoms with Crippen LogP contribution in [-0.4, -0.2) is 40.0 Å². The first-order valence-electron chi connectivity index (χ1n) is 8.48. The number of hydrogen-bond donors (Lipinski definition) is 2. The van der Waals surface area contributed by atoms with Crippen LogP contribution in [0.1, 0.15) is 41.7 Å². The molecule has 3 rings (SSSR count). The molecule has 2 aromatic rings. The Kier molecular flexibility index (Phi) is 5.28.